The van der Waals surface area contributed by atoms with Crippen LogP contribution in [0.3, 0.4) is 0 Å². The second-order valence-electron chi connectivity index (χ2n) is 5.79. The van der Waals surface area contributed by atoms with E-state index in [0.717, 1.165) is 38.3 Å². The Morgan fingerprint density at radius 1 is 1.35 bits per heavy atom. The molecule has 1 aliphatic carbocycles. The molecule has 108 valence electrons. The van der Waals surface area contributed by atoms with E-state index in [4.69, 9.17) is 0 Å². The Balaban J connectivity index is 1.83. The summed E-state index contributed by atoms with van der Waals surface area (Å²) in [7, 11) is 0. The zero-order valence-corrected chi connectivity index (χ0v) is 11.2. The van der Waals surface area contributed by atoms with Gasteiger partial charge >= 0.3 is 0 Å². The van der Waals surface area contributed by atoms with Gasteiger partial charge in [-0.1, -0.05) is 18.9 Å². The molecule has 1 aromatic rings. The second-order valence-corrected chi connectivity index (χ2v) is 5.79. The summed E-state index contributed by atoms with van der Waals surface area (Å²) in [6.07, 6.45) is 3.98. The van der Waals surface area contributed by atoms with Gasteiger partial charge in [0, 0.05) is 6.54 Å². The maximum absolute atomic E-state index is 13.7. The molecule has 1 aliphatic heterocycles. The van der Waals surface area contributed by atoms with Gasteiger partial charge in [-0.25, -0.2) is 8.78 Å². The molecular formula is C15H18F2N2O. The Bertz CT molecular complexity index is 535. The van der Waals surface area contributed by atoms with Crippen LogP contribution < -0.4 is 10.6 Å². The maximum Gasteiger partial charge on any atom is 0.232 e. The van der Waals surface area contributed by atoms with E-state index >= 15 is 0 Å². The highest BCUT2D eigenvalue weighted by Crippen LogP contribution is 2.44. The van der Waals surface area contributed by atoms with E-state index in [1.165, 1.54) is 12.1 Å². The summed E-state index contributed by atoms with van der Waals surface area (Å²) in [5.74, 6) is -1.81. The summed E-state index contributed by atoms with van der Waals surface area (Å²) in [6, 6.07) is 3.84. The van der Waals surface area contributed by atoms with Crippen LogP contribution in [0.25, 0.3) is 0 Å². The van der Waals surface area contributed by atoms with E-state index in [0.29, 0.717) is 12.5 Å². The Morgan fingerprint density at radius 3 is 3.05 bits per heavy atom. The number of amides is 1. The minimum absolute atomic E-state index is 0.0689. The van der Waals surface area contributed by atoms with Crippen molar-refractivity contribution in [3.05, 3.63) is 29.8 Å². The first kappa shape index (κ1) is 13.5. The lowest BCUT2D eigenvalue weighted by atomic mass is 9.67. The molecule has 0 bridgehead atoms. The van der Waals surface area contributed by atoms with Gasteiger partial charge in [0.1, 0.15) is 0 Å². The summed E-state index contributed by atoms with van der Waals surface area (Å²) in [6.45, 7) is 1.46. The zero-order chi connectivity index (χ0) is 14.2. The van der Waals surface area contributed by atoms with Crippen molar-refractivity contribution in [3.63, 3.8) is 0 Å². The summed E-state index contributed by atoms with van der Waals surface area (Å²) in [5, 5.41) is 5.86. The summed E-state index contributed by atoms with van der Waals surface area (Å²) >= 11 is 0. The highest BCUT2D eigenvalue weighted by Gasteiger charge is 2.49. The number of fused-ring (bicyclic) bond motifs is 1. The number of hydrogen-bond acceptors (Lipinski definition) is 2. The van der Waals surface area contributed by atoms with Crippen LogP contribution in [0, 0.1) is 23.0 Å². The van der Waals surface area contributed by atoms with Gasteiger partial charge in [0.05, 0.1) is 11.1 Å². The lowest BCUT2D eigenvalue weighted by molar-refractivity contribution is -0.128. The van der Waals surface area contributed by atoms with Crippen LogP contribution in [-0.2, 0) is 4.79 Å². The summed E-state index contributed by atoms with van der Waals surface area (Å²) in [5.41, 5.74) is -0.530. The van der Waals surface area contributed by atoms with Gasteiger partial charge in [-0.2, -0.15) is 0 Å². The number of rotatable bonds is 2. The normalized spacial score (nSPS) is 29.0. The fourth-order valence-corrected chi connectivity index (χ4v) is 3.54. The molecule has 1 aromatic carbocycles. The van der Waals surface area contributed by atoms with E-state index < -0.39 is 17.0 Å². The molecule has 2 aliphatic rings. The number of halogens is 2. The van der Waals surface area contributed by atoms with Crippen LogP contribution in [0.2, 0.25) is 0 Å². The molecule has 1 amide bonds. The maximum atomic E-state index is 13.7. The van der Waals surface area contributed by atoms with Crippen molar-refractivity contribution in [1.29, 1.82) is 0 Å². The summed E-state index contributed by atoms with van der Waals surface area (Å²) in [4.78, 5) is 12.6. The van der Waals surface area contributed by atoms with Crippen LogP contribution in [0.1, 0.15) is 25.7 Å². The zero-order valence-electron chi connectivity index (χ0n) is 11.2. The van der Waals surface area contributed by atoms with E-state index in [2.05, 4.69) is 10.6 Å². The van der Waals surface area contributed by atoms with Crippen molar-refractivity contribution >= 4 is 11.6 Å². The monoisotopic (exact) mass is 280 g/mol. The van der Waals surface area contributed by atoms with Crippen molar-refractivity contribution in [2.45, 2.75) is 25.7 Å². The standard InChI is InChI=1S/C15H18F2N2O/c16-11-5-3-6-12(13(11)17)19-14(20)15-7-2-1-4-10(15)8-18-9-15/h3,5-6,10,18H,1-2,4,7-9H2,(H,19,20)/t10-,15+/m0/s1. The molecule has 0 aromatic heterocycles. The third kappa shape index (κ3) is 2.10. The van der Waals surface area contributed by atoms with Gasteiger partial charge in [-0.05, 0) is 37.4 Å². The Labute approximate surface area is 116 Å². The van der Waals surface area contributed by atoms with E-state index in [9.17, 15) is 13.6 Å². The fourth-order valence-electron chi connectivity index (χ4n) is 3.54. The molecule has 3 rings (SSSR count). The smallest absolute Gasteiger partial charge is 0.232 e. The second kappa shape index (κ2) is 5.13. The van der Waals surface area contributed by atoms with E-state index in [-0.39, 0.29) is 11.6 Å². The lowest BCUT2D eigenvalue weighted by Crippen LogP contribution is -2.44. The van der Waals surface area contributed by atoms with Crippen molar-refractivity contribution in [1.82, 2.24) is 5.32 Å². The van der Waals surface area contributed by atoms with Gasteiger partial charge in [-0.3, -0.25) is 4.79 Å². The third-order valence-corrected chi connectivity index (χ3v) is 4.69. The number of carbonyl (C=O) groups excluding carboxylic acids is 1. The highest BCUT2D eigenvalue weighted by atomic mass is 19.2. The molecular weight excluding hydrogens is 262 g/mol. The fraction of sp³-hybridized carbons (Fsp3) is 0.533. The van der Waals surface area contributed by atoms with E-state index in [1.54, 1.807) is 0 Å². The molecule has 2 N–H and O–H groups in total. The first-order valence-corrected chi connectivity index (χ1v) is 7.10. The number of nitrogens with one attached hydrogen (secondary N) is 2. The lowest BCUT2D eigenvalue weighted by Gasteiger charge is -2.37. The predicted octanol–water partition coefficient (Wildman–Crippen LogP) is 2.68. The van der Waals surface area contributed by atoms with Gasteiger partial charge in [-0.15, -0.1) is 0 Å². The Hall–Kier alpha value is -1.49. The van der Waals surface area contributed by atoms with Crippen molar-refractivity contribution < 1.29 is 13.6 Å². The molecule has 2 atom stereocenters. The first-order chi connectivity index (χ1) is 9.63. The van der Waals surface area contributed by atoms with Gasteiger partial charge in [0.15, 0.2) is 11.6 Å². The van der Waals surface area contributed by atoms with Crippen LogP contribution in [-0.4, -0.2) is 19.0 Å². The quantitative estimate of drug-likeness (QED) is 0.874. The largest absolute Gasteiger partial charge is 0.323 e. The molecule has 1 heterocycles. The van der Waals surface area contributed by atoms with Gasteiger partial charge in [0.2, 0.25) is 5.91 Å². The molecule has 20 heavy (non-hydrogen) atoms. The van der Waals surface area contributed by atoms with Crippen molar-refractivity contribution in [2.24, 2.45) is 11.3 Å². The van der Waals surface area contributed by atoms with Crippen LogP contribution >= 0.6 is 0 Å². The minimum Gasteiger partial charge on any atom is -0.323 e. The molecule has 0 unspecified atom stereocenters. The average Bonchev–Trinajstić information content (AvgIpc) is 2.89. The van der Waals surface area contributed by atoms with Crippen molar-refractivity contribution in [3.8, 4) is 0 Å². The molecule has 5 heteroatoms. The van der Waals surface area contributed by atoms with Crippen molar-refractivity contribution in [2.75, 3.05) is 18.4 Å². The molecule has 0 radical (unpaired) electrons. The van der Waals surface area contributed by atoms with Crippen LogP contribution in [0.4, 0.5) is 14.5 Å². The molecule has 0 spiro atoms. The summed E-state index contributed by atoms with van der Waals surface area (Å²) < 4.78 is 26.9. The Morgan fingerprint density at radius 2 is 2.20 bits per heavy atom. The molecule has 2 fully saturated rings. The number of hydrogen-bond donors (Lipinski definition) is 2. The molecule has 1 saturated heterocycles. The third-order valence-electron chi connectivity index (χ3n) is 4.69. The number of anilines is 1. The van der Waals surface area contributed by atoms with Crippen LogP contribution in [0.15, 0.2) is 18.2 Å². The first-order valence-electron chi connectivity index (χ1n) is 7.10. The predicted molar refractivity (Wildman–Crippen MR) is 72.2 cm³/mol. The van der Waals surface area contributed by atoms with Crippen LogP contribution in [0.5, 0.6) is 0 Å². The number of benzene rings is 1. The molecule has 3 nitrogen and oxygen atoms in total. The van der Waals surface area contributed by atoms with Gasteiger partial charge < -0.3 is 10.6 Å². The molecule has 1 saturated carbocycles. The highest BCUT2D eigenvalue weighted by molar-refractivity contribution is 5.96. The van der Waals surface area contributed by atoms with Gasteiger partial charge in [0.25, 0.3) is 0 Å². The van der Waals surface area contributed by atoms with E-state index in [1.807, 2.05) is 0 Å². The topological polar surface area (TPSA) is 41.1 Å². The number of carbonyl (C=O) groups is 1. The average molecular weight is 280 g/mol. The minimum atomic E-state index is -0.990. The SMILES string of the molecule is O=C(Nc1cccc(F)c1F)[C@@]12CCCC[C@H]1CNC2. The Kier molecular flexibility index (Phi) is 3.46.